The lowest BCUT2D eigenvalue weighted by Gasteiger charge is -2.53. The SMILES string of the molecule is CC(C)[C@]12O[C@H]1[C@@H]1O[C@]13[C@]1(O[C@H]1C[C@H]1C4=C(CC[C@@]13C)C(=O)OC4)[C@@H]2OC(=O)CCCC(=O)O[C@H]1OC(CO)[C@@H](O)C(O)C1O. The second-order valence-corrected chi connectivity index (χ2v) is 14.4. The zero-order valence-electron chi connectivity index (χ0n) is 25.4. The number of aliphatic hydroxyl groups is 4. The van der Waals surface area contributed by atoms with Gasteiger partial charge in [-0.2, -0.15) is 0 Å². The predicted molar refractivity (Wildman–Crippen MR) is 145 cm³/mol. The number of hydrogen-bond acceptors (Lipinski definition) is 14. The van der Waals surface area contributed by atoms with Crippen molar-refractivity contribution in [2.45, 2.75) is 131 Å². The first-order chi connectivity index (χ1) is 21.4. The molecule has 8 rings (SSSR count). The van der Waals surface area contributed by atoms with E-state index in [1.807, 2.05) is 13.8 Å². The van der Waals surface area contributed by atoms with E-state index in [-0.39, 0.29) is 60.8 Å². The fourth-order valence-electron chi connectivity index (χ4n) is 9.76. The summed E-state index contributed by atoms with van der Waals surface area (Å²) in [6.07, 6.45) is -7.42. The van der Waals surface area contributed by atoms with Crippen molar-refractivity contribution in [3.63, 3.8) is 0 Å². The number of esters is 3. The van der Waals surface area contributed by atoms with Crippen LogP contribution in [0.5, 0.6) is 0 Å². The molecule has 45 heavy (non-hydrogen) atoms. The molecule has 14 atom stereocenters. The first-order valence-corrected chi connectivity index (χ1v) is 16.0. The van der Waals surface area contributed by atoms with Gasteiger partial charge in [0, 0.05) is 23.8 Å². The van der Waals surface area contributed by atoms with Gasteiger partial charge < -0.3 is 53.6 Å². The second kappa shape index (κ2) is 9.69. The summed E-state index contributed by atoms with van der Waals surface area (Å²) in [6.45, 7) is 5.91. The zero-order chi connectivity index (χ0) is 31.8. The van der Waals surface area contributed by atoms with E-state index < -0.39 is 72.2 Å². The topological polar surface area (TPSA) is 207 Å². The van der Waals surface area contributed by atoms with E-state index in [9.17, 15) is 34.8 Å². The molecule has 0 aromatic carbocycles. The van der Waals surface area contributed by atoms with Gasteiger partial charge in [0.25, 0.3) is 0 Å². The molecule has 0 radical (unpaired) electrons. The summed E-state index contributed by atoms with van der Waals surface area (Å²) >= 11 is 0. The third-order valence-corrected chi connectivity index (χ3v) is 12.2. The Kier molecular flexibility index (Phi) is 6.50. The van der Waals surface area contributed by atoms with Crippen LogP contribution in [-0.2, 0) is 47.5 Å². The van der Waals surface area contributed by atoms with Crippen molar-refractivity contribution in [3.8, 4) is 0 Å². The molecule has 0 aromatic rings. The lowest BCUT2D eigenvalue weighted by molar-refractivity contribution is -0.292. The Labute approximate surface area is 258 Å². The standard InChI is InChI=1S/C31H40O14/c1-12(2)29-23(44-29)24-31(45-24)28(3)8-7-13-14(11-39-25(13)38)15(28)9-17-30(31,43-17)27(29)42-19(34)6-4-5-18(33)41-26-22(37)21(36)20(35)16(10-32)40-26/h12,15-17,20-24,26-27,32,35-37H,4-11H2,1-3H3/t15-,16?,17-,20+,21?,22?,23-,24-,26+,27+,28-,29-,30+,31+/m0/s1. The third-order valence-electron chi connectivity index (χ3n) is 12.2. The molecule has 0 bridgehead atoms. The van der Waals surface area contributed by atoms with Gasteiger partial charge in [0.15, 0.2) is 11.7 Å². The Morgan fingerprint density at radius 1 is 1.00 bits per heavy atom. The molecule has 8 aliphatic rings. The van der Waals surface area contributed by atoms with E-state index >= 15 is 0 Å². The minimum absolute atomic E-state index is 0.00212. The van der Waals surface area contributed by atoms with E-state index in [0.29, 0.717) is 19.4 Å². The van der Waals surface area contributed by atoms with Crippen LogP contribution in [0.3, 0.4) is 0 Å². The summed E-state index contributed by atoms with van der Waals surface area (Å²) in [4.78, 5) is 38.3. The molecule has 6 fully saturated rings. The highest BCUT2D eigenvalue weighted by Gasteiger charge is 3.01. The molecule has 3 unspecified atom stereocenters. The van der Waals surface area contributed by atoms with Gasteiger partial charge in [-0.3, -0.25) is 9.59 Å². The Morgan fingerprint density at radius 3 is 2.44 bits per heavy atom. The van der Waals surface area contributed by atoms with Gasteiger partial charge in [-0.05, 0) is 43.1 Å². The number of hydrogen-bond donors (Lipinski definition) is 4. The second-order valence-electron chi connectivity index (χ2n) is 14.4. The molecule has 14 nitrogen and oxygen atoms in total. The molecule has 248 valence electrons. The fourth-order valence-corrected chi connectivity index (χ4v) is 9.76. The van der Waals surface area contributed by atoms with E-state index in [0.717, 1.165) is 17.6 Å². The highest BCUT2D eigenvalue weighted by atomic mass is 16.8. The molecule has 2 saturated carbocycles. The Balaban J connectivity index is 0.962. The highest BCUT2D eigenvalue weighted by molar-refractivity contribution is 5.92. The van der Waals surface area contributed by atoms with Crippen LogP contribution >= 0.6 is 0 Å². The van der Waals surface area contributed by atoms with Crippen molar-refractivity contribution in [2.24, 2.45) is 17.3 Å². The van der Waals surface area contributed by atoms with E-state index in [2.05, 4.69) is 6.92 Å². The van der Waals surface area contributed by atoms with Crippen LogP contribution in [0.4, 0.5) is 0 Å². The maximum absolute atomic E-state index is 13.4. The minimum atomic E-state index is -1.71. The Hall–Kier alpha value is -2.17. The number of fused-ring (bicyclic) bond motifs is 4. The van der Waals surface area contributed by atoms with Crippen molar-refractivity contribution < 1.29 is 68.0 Å². The lowest BCUT2D eigenvalue weighted by Crippen LogP contribution is -2.70. The summed E-state index contributed by atoms with van der Waals surface area (Å²) in [6, 6.07) is 0. The smallest absolute Gasteiger partial charge is 0.334 e. The highest BCUT2D eigenvalue weighted by Crippen LogP contribution is 2.83. The summed E-state index contributed by atoms with van der Waals surface area (Å²) in [5.74, 6) is -1.50. The van der Waals surface area contributed by atoms with Crippen molar-refractivity contribution in [3.05, 3.63) is 11.1 Å². The molecule has 3 aliphatic carbocycles. The minimum Gasteiger partial charge on any atom is -0.458 e. The number of carbonyl (C=O) groups is 3. The average Bonchev–Trinajstić information content (AvgIpc) is 3.92. The molecule has 0 aromatic heterocycles. The quantitative estimate of drug-likeness (QED) is 0.146. The molecular formula is C31H40O14. The van der Waals surface area contributed by atoms with Crippen LogP contribution in [0.25, 0.3) is 0 Å². The molecule has 5 heterocycles. The van der Waals surface area contributed by atoms with Crippen LogP contribution < -0.4 is 0 Å². The maximum atomic E-state index is 13.4. The van der Waals surface area contributed by atoms with Crippen LogP contribution in [0.1, 0.15) is 59.3 Å². The van der Waals surface area contributed by atoms with Crippen LogP contribution in [0.15, 0.2) is 11.1 Å². The fraction of sp³-hybridized carbons (Fsp3) is 0.839. The Morgan fingerprint density at radius 2 is 1.73 bits per heavy atom. The summed E-state index contributed by atoms with van der Waals surface area (Å²) in [5, 5.41) is 39.3. The first kappa shape index (κ1) is 30.2. The Bertz CT molecular complexity index is 1360. The predicted octanol–water partition coefficient (Wildman–Crippen LogP) is -0.833. The van der Waals surface area contributed by atoms with Gasteiger partial charge in [0.1, 0.15) is 54.4 Å². The first-order valence-electron chi connectivity index (χ1n) is 16.0. The normalized spacial score (nSPS) is 51.5. The summed E-state index contributed by atoms with van der Waals surface area (Å²) < 4.78 is 41.8. The number of carbonyl (C=O) groups excluding carboxylic acids is 3. The number of aliphatic hydroxyl groups excluding tert-OH is 4. The van der Waals surface area contributed by atoms with Gasteiger partial charge in [-0.15, -0.1) is 0 Å². The molecule has 2 spiro atoms. The van der Waals surface area contributed by atoms with Gasteiger partial charge >= 0.3 is 17.9 Å². The lowest BCUT2D eigenvalue weighted by atomic mass is 9.46. The van der Waals surface area contributed by atoms with Gasteiger partial charge in [-0.1, -0.05) is 20.8 Å². The largest absolute Gasteiger partial charge is 0.458 e. The molecule has 0 amide bonds. The maximum Gasteiger partial charge on any atom is 0.334 e. The number of ether oxygens (including phenoxy) is 7. The molecule has 5 aliphatic heterocycles. The molecule has 4 N–H and O–H groups in total. The van der Waals surface area contributed by atoms with Crippen molar-refractivity contribution >= 4 is 17.9 Å². The summed E-state index contributed by atoms with van der Waals surface area (Å²) in [7, 11) is 0. The van der Waals surface area contributed by atoms with Crippen LogP contribution in [0, 0.1) is 17.3 Å². The van der Waals surface area contributed by atoms with E-state index in [4.69, 9.17) is 33.2 Å². The van der Waals surface area contributed by atoms with Crippen molar-refractivity contribution in [1.82, 2.24) is 0 Å². The molecular weight excluding hydrogens is 596 g/mol. The van der Waals surface area contributed by atoms with Crippen molar-refractivity contribution in [2.75, 3.05) is 13.2 Å². The monoisotopic (exact) mass is 636 g/mol. The van der Waals surface area contributed by atoms with Gasteiger partial charge in [0.2, 0.25) is 6.29 Å². The number of epoxide rings is 3. The van der Waals surface area contributed by atoms with Crippen LogP contribution in [0.2, 0.25) is 0 Å². The van der Waals surface area contributed by atoms with Crippen LogP contribution in [-0.4, -0.2) is 123 Å². The van der Waals surface area contributed by atoms with E-state index in [1.165, 1.54) is 0 Å². The molecule has 14 heteroatoms. The molecule has 4 saturated heterocycles. The number of cyclic esters (lactones) is 1. The van der Waals surface area contributed by atoms with Gasteiger partial charge in [0.05, 0.1) is 12.7 Å². The van der Waals surface area contributed by atoms with Gasteiger partial charge in [-0.25, -0.2) is 4.79 Å². The average molecular weight is 637 g/mol. The third kappa shape index (κ3) is 3.71. The van der Waals surface area contributed by atoms with E-state index in [1.54, 1.807) is 0 Å². The summed E-state index contributed by atoms with van der Waals surface area (Å²) in [5.41, 5.74) is -0.904. The zero-order valence-corrected chi connectivity index (χ0v) is 25.4. The number of rotatable bonds is 8. The van der Waals surface area contributed by atoms with Crippen molar-refractivity contribution in [1.29, 1.82) is 0 Å².